The summed E-state index contributed by atoms with van der Waals surface area (Å²) >= 11 is 0. The van der Waals surface area contributed by atoms with Crippen LogP contribution in [-0.2, 0) is 6.18 Å². The van der Waals surface area contributed by atoms with E-state index in [1.54, 1.807) is 13.8 Å². The molecular formula is C13H16F3NO. The van der Waals surface area contributed by atoms with Crippen molar-refractivity contribution in [2.45, 2.75) is 38.0 Å². The van der Waals surface area contributed by atoms with Crippen molar-refractivity contribution in [3.8, 4) is 0 Å². The van der Waals surface area contributed by atoms with Crippen LogP contribution in [0.4, 0.5) is 18.9 Å². The summed E-state index contributed by atoms with van der Waals surface area (Å²) in [5, 5.41) is 12.9. The maximum Gasteiger partial charge on any atom is 0.416 e. The number of fused-ring (bicyclic) bond motifs is 1. The van der Waals surface area contributed by atoms with Crippen molar-refractivity contribution in [1.29, 1.82) is 0 Å². The Balaban J connectivity index is 2.31. The fourth-order valence-corrected chi connectivity index (χ4v) is 2.37. The predicted octanol–water partition coefficient (Wildman–Crippen LogP) is 3.38. The Hall–Kier alpha value is -1.23. The molecule has 0 saturated carbocycles. The van der Waals surface area contributed by atoms with Gasteiger partial charge in [-0.05, 0) is 44.0 Å². The quantitative estimate of drug-likeness (QED) is 0.853. The van der Waals surface area contributed by atoms with Crippen molar-refractivity contribution >= 4 is 5.69 Å². The van der Waals surface area contributed by atoms with Gasteiger partial charge < -0.3 is 10.4 Å². The lowest BCUT2D eigenvalue weighted by Crippen LogP contribution is -2.23. The van der Waals surface area contributed by atoms with E-state index in [0.717, 1.165) is 11.8 Å². The highest BCUT2D eigenvalue weighted by atomic mass is 19.4. The zero-order valence-corrected chi connectivity index (χ0v) is 10.3. The van der Waals surface area contributed by atoms with E-state index >= 15 is 0 Å². The first kappa shape index (κ1) is 13.2. The van der Waals surface area contributed by atoms with Crippen molar-refractivity contribution in [2.24, 2.45) is 0 Å². The van der Waals surface area contributed by atoms with E-state index in [-0.39, 0.29) is 5.92 Å². The highest BCUT2D eigenvalue weighted by Crippen LogP contribution is 2.40. The molecule has 0 bridgehead atoms. The maximum atomic E-state index is 12.7. The number of nitrogens with one attached hydrogen (secondary N) is 1. The molecule has 1 unspecified atom stereocenters. The Kier molecular flexibility index (Phi) is 3.05. The lowest BCUT2D eigenvalue weighted by atomic mass is 9.88. The molecule has 1 aliphatic rings. The minimum absolute atomic E-state index is 0.0812. The number of hydrogen-bond acceptors (Lipinski definition) is 2. The largest absolute Gasteiger partial charge is 0.416 e. The zero-order chi connectivity index (χ0) is 13.6. The second-order valence-corrected chi connectivity index (χ2v) is 5.39. The third kappa shape index (κ3) is 2.77. The van der Waals surface area contributed by atoms with E-state index in [4.69, 9.17) is 0 Å². The summed E-state index contributed by atoms with van der Waals surface area (Å²) in [6.07, 6.45) is -3.88. The number of benzene rings is 1. The summed E-state index contributed by atoms with van der Waals surface area (Å²) in [5.74, 6) is -0.0812. The molecule has 1 aliphatic heterocycles. The average Bonchev–Trinajstić information content (AvgIpc) is 2.57. The fraction of sp³-hybridized carbons (Fsp3) is 0.538. The van der Waals surface area contributed by atoms with Gasteiger partial charge in [-0.25, -0.2) is 0 Å². The zero-order valence-electron chi connectivity index (χ0n) is 10.3. The van der Waals surface area contributed by atoms with Gasteiger partial charge in [0.2, 0.25) is 0 Å². The highest BCUT2D eigenvalue weighted by Gasteiger charge is 2.34. The molecule has 5 heteroatoms. The van der Waals surface area contributed by atoms with Crippen LogP contribution in [-0.4, -0.2) is 17.3 Å². The summed E-state index contributed by atoms with van der Waals surface area (Å²) in [5.41, 5.74) is -0.141. The van der Waals surface area contributed by atoms with Crippen LogP contribution in [0.25, 0.3) is 0 Å². The maximum absolute atomic E-state index is 12.7. The van der Waals surface area contributed by atoms with E-state index < -0.39 is 17.3 Å². The molecule has 0 aromatic heterocycles. The predicted molar refractivity (Wildman–Crippen MR) is 63.6 cm³/mol. The molecule has 2 nitrogen and oxygen atoms in total. The fourth-order valence-electron chi connectivity index (χ4n) is 2.37. The molecule has 0 fully saturated rings. The van der Waals surface area contributed by atoms with Gasteiger partial charge in [-0.2, -0.15) is 13.2 Å². The van der Waals surface area contributed by atoms with Gasteiger partial charge in [-0.3, -0.25) is 0 Å². The van der Waals surface area contributed by atoms with E-state index in [2.05, 4.69) is 5.32 Å². The van der Waals surface area contributed by atoms with Crippen LogP contribution in [0.1, 0.15) is 37.3 Å². The van der Waals surface area contributed by atoms with Crippen LogP contribution in [0.5, 0.6) is 0 Å². The first-order valence-corrected chi connectivity index (χ1v) is 5.84. The highest BCUT2D eigenvalue weighted by molar-refractivity contribution is 5.59. The van der Waals surface area contributed by atoms with Crippen molar-refractivity contribution in [3.63, 3.8) is 0 Å². The third-order valence-electron chi connectivity index (χ3n) is 3.10. The molecule has 1 heterocycles. The second kappa shape index (κ2) is 4.16. The smallest absolute Gasteiger partial charge is 0.390 e. The molecule has 1 atom stereocenters. The SMILES string of the molecule is CC(C)(O)CC1CNc2ccc(C(F)(F)F)cc21. The molecule has 0 saturated heterocycles. The number of halogens is 3. The molecule has 0 spiro atoms. The second-order valence-electron chi connectivity index (χ2n) is 5.39. The molecule has 100 valence electrons. The van der Waals surface area contributed by atoms with Crippen LogP contribution < -0.4 is 5.32 Å². The number of alkyl halides is 3. The molecule has 1 aromatic rings. The minimum atomic E-state index is -4.32. The lowest BCUT2D eigenvalue weighted by Gasteiger charge is -2.22. The topological polar surface area (TPSA) is 32.3 Å². The number of rotatable bonds is 2. The van der Waals surface area contributed by atoms with Crippen LogP contribution in [0.2, 0.25) is 0 Å². The van der Waals surface area contributed by atoms with Gasteiger partial charge in [-0.1, -0.05) is 0 Å². The Labute approximate surface area is 104 Å². The summed E-state index contributed by atoms with van der Waals surface area (Å²) in [4.78, 5) is 0. The van der Waals surface area contributed by atoms with Gasteiger partial charge in [0.15, 0.2) is 0 Å². The Morgan fingerprint density at radius 2 is 2.00 bits per heavy atom. The number of hydrogen-bond donors (Lipinski definition) is 2. The van der Waals surface area contributed by atoms with Gasteiger partial charge >= 0.3 is 6.18 Å². The van der Waals surface area contributed by atoms with Crippen LogP contribution in [0, 0.1) is 0 Å². The molecule has 0 radical (unpaired) electrons. The van der Waals surface area contributed by atoms with Crippen molar-refractivity contribution in [3.05, 3.63) is 29.3 Å². The van der Waals surface area contributed by atoms with E-state index in [1.807, 2.05) is 0 Å². The molecule has 0 aliphatic carbocycles. The van der Waals surface area contributed by atoms with Crippen molar-refractivity contribution < 1.29 is 18.3 Å². The summed E-state index contributed by atoms with van der Waals surface area (Å²) in [6.45, 7) is 3.90. The summed E-state index contributed by atoms with van der Waals surface area (Å²) < 4.78 is 38.0. The lowest BCUT2D eigenvalue weighted by molar-refractivity contribution is -0.137. The summed E-state index contributed by atoms with van der Waals surface area (Å²) in [6, 6.07) is 3.73. The molecule has 2 N–H and O–H groups in total. The van der Waals surface area contributed by atoms with Gasteiger partial charge in [0.1, 0.15) is 0 Å². The van der Waals surface area contributed by atoms with E-state index in [9.17, 15) is 18.3 Å². The van der Waals surface area contributed by atoms with Gasteiger partial charge in [0.05, 0.1) is 11.2 Å². The monoisotopic (exact) mass is 259 g/mol. The molecular weight excluding hydrogens is 243 g/mol. The normalized spacial score (nSPS) is 19.6. The number of anilines is 1. The average molecular weight is 259 g/mol. The minimum Gasteiger partial charge on any atom is -0.390 e. The molecule has 0 amide bonds. The Morgan fingerprint density at radius 1 is 1.33 bits per heavy atom. The third-order valence-corrected chi connectivity index (χ3v) is 3.10. The van der Waals surface area contributed by atoms with Crippen LogP contribution in [0.15, 0.2) is 18.2 Å². The first-order chi connectivity index (χ1) is 8.17. The van der Waals surface area contributed by atoms with Crippen LogP contribution >= 0.6 is 0 Å². The Morgan fingerprint density at radius 3 is 2.56 bits per heavy atom. The van der Waals surface area contributed by atoms with Crippen molar-refractivity contribution in [2.75, 3.05) is 11.9 Å². The van der Waals surface area contributed by atoms with Crippen LogP contribution in [0.3, 0.4) is 0 Å². The van der Waals surface area contributed by atoms with E-state index in [1.165, 1.54) is 12.1 Å². The number of aliphatic hydroxyl groups is 1. The first-order valence-electron chi connectivity index (χ1n) is 5.84. The summed E-state index contributed by atoms with van der Waals surface area (Å²) in [7, 11) is 0. The van der Waals surface area contributed by atoms with Gasteiger partial charge in [0, 0.05) is 18.2 Å². The van der Waals surface area contributed by atoms with Gasteiger partial charge in [0.25, 0.3) is 0 Å². The molecule has 18 heavy (non-hydrogen) atoms. The Bertz CT molecular complexity index is 449. The van der Waals surface area contributed by atoms with E-state index in [0.29, 0.717) is 18.5 Å². The van der Waals surface area contributed by atoms with Gasteiger partial charge in [-0.15, -0.1) is 0 Å². The standard InChI is InChI=1S/C13H16F3NO/c1-12(2,18)6-8-7-17-11-4-3-9(5-10(8)11)13(14,15)16/h3-5,8,17-18H,6-7H2,1-2H3. The molecule has 2 rings (SSSR count). The molecule has 1 aromatic carbocycles. The van der Waals surface area contributed by atoms with Crippen molar-refractivity contribution in [1.82, 2.24) is 0 Å².